The molecule has 3 rings (SSSR count). The van der Waals surface area contributed by atoms with Crippen LogP contribution in [0.3, 0.4) is 0 Å². The first-order chi connectivity index (χ1) is 9.24. The van der Waals surface area contributed by atoms with E-state index in [0.29, 0.717) is 11.6 Å². The van der Waals surface area contributed by atoms with E-state index in [1.54, 1.807) is 6.20 Å². The maximum absolute atomic E-state index is 5.92. The summed E-state index contributed by atoms with van der Waals surface area (Å²) in [7, 11) is 0. The summed E-state index contributed by atoms with van der Waals surface area (Å²) < 4.78 is 0. The topological polar surface area (TPSA) is 66.5 Å². The fourth-order valence-electron chi connectivity index (χ4n) is 2.87. The standard InChI is InChI=1S/C13H18ClN5/c1-8-4-2-3-5-9(8)6-15-11-10-7-16-19-12(10)18-13(14)17-11/h7-9H,2-6H2,1H3,(H2,15,16,17,18,19). The lowest BCUT2D eigenvalue weighted by Gasteiger charge is -2.29. The second kappa shape index (κ2) is 5.33. The number of fused-ring (bicyclic) bond motifs is 1. The van der Waals surface area contributed by atoms with E-state index in [4.69, 9.17) is 11.6 Å². The van der Waals surface area contributed by atoms with Crippen LogP contribution < -0.4 is 5.32 Å². The average molecular weight is 280 g/mol. The number of anilines is 1. The van der Waals surface area contributed by atoms with Gasteiger partial charge in [0, 0.05) is 6.54 Å². The minimum absolute atomic E-state index is 0.246. The monoisotopic (exact) mass is 279 g/mol. The van der Waals surface area contributed by atoms with Gasteiger partial charge in [0.15, 0.2) is 5.65 Å². The summed E-state index contributed by atoms with van der Waals surface area (Å²) in [5.41, 5.74) is 0.680. The average Bonchev–Trinajstić information content (AvgIpc) is 2.85. The third kappa shape index (κ3) is 2.66. The third-order valence-corrected chi connectivity index (χ3v) is 4.27. The Kier molecular flexibility index (Phi) is 3.55. The Morgan fingerprint density at radius 2 is 2.21 bits per heavy atom. The van der Waals surface area contributed by atoms with Crippen molar-refractivity contribution >= 4 is 28.5 Å². The molecule has 1 aliphatic rings. The number of hydrogen-bond acceptors (Lipinski definition) is 4. The van der Waals surface area contributed by atoms with Crippen molar-refractivity contribution in [2.24, 2.45) is 11.8 Å². The van der Waals surface area contributed by atoms with Gasteiger partial charge in [-0.05, 0) is 29.9 Å². The molecule has 2 aromatic heterocycles. The summed E-state index contributed by atoms with van der Waals surface area (Å²) in [5.74, 6) is 2.27. The molecule has 0 aliphatic heterocycles. The van der Waals surface area contributed by atoms with Crippen LogP contribution in [0.25, 0.3) is 11.0 Å². The van der Waals surface area contributed by atoms with Crippen molar-refractivity contribution in [2.45, 2.75) is 32.6 Å². The van der Waals surface area contributed by atoms with E-state index in [0.717, 1.165) is 23.7 Å². The van der Waals surface area contributed by atoms with E-state index in [2.05, 4.69) is 32.4 Å². The van der Waals surface area contributed by atoms with Gasteiger partial charge in [0.25, 0.3) is 0 Å². The summed E-state index contributed by atoms with van der Waals surface area (Å²) in [5, 5.41) is 11.4. The molecule has 1 fully saturated rings. The van der Waals surface area contributed by atoms with Gasteiger partial charge < -0.3 is 5.32 Å². The van der Waals surface area contributed by atoms with Crippen molar-refractivity contribution in [3.63, 3.8) is 0 Å². The van der Waals surface area contributed by atoms with Crippen LogP contribution in [0.15, 0.2) is 6.20 Å². The lowest BCUT2D eigenvalue weighted by atomic mass is 9.80. The molecule has 0 radical (unpaired) electrons. The summed E-state index contributed by atoms with van der Waals surface area (Å²) in [6.07, 6.45) is 7.06. The molecule has 2 N–H and O–H groups in total. The fraction of sp³-hybridized carbons (Fsp3) is 0.615. The zero-order chi connectivity index (χ0) is 13.2. The number of rotatable bonds is 3. The smallest absolute Gasteiger partial charge is 0.226 e. The van der Waals surface area contributed by atoms with Crippen LogP contribution in [-0.2, 0) is 0 Å². The maximum atomic E-state index is 5.92. The molecule has 6 heteroatoms. The fourth-order valence-corrected chi connectivity index (χ4v) is 3.04. The number of aromatic nitrogens is 4. The van der Waals surface area contributed by atoms with Crippen molar-refractivity contribution in [1.82, 2.24) is 20.2 Å². The van der Waals surface area contributed by atoms with E-state index in [1.165, 1.54) is 25.7 Å². The van der Waals surface area contributed by atoms with Crippen LogP contribution in [-0.4, -0.2) is 26.7 Å². The quantitative estimate of drug-likeness (QED) is 0.847. The Balaban J connectivity index is 1.75. The first-order valence-electron chi connectivity index (χ1n) is 6.84. The molecule has 102 valence electrons. The van der Waals surface area contributed by atoms with Crippen molar-refractivity contribution in [3.05, 3.63) is 11.5 Å². The van der Waals surface area contributed by atoms with Gasteiger partial charge in [0.1, 0.15) is 5.82 Å². The minimum atomic E-state index is 0.246. The Labute approximate surface area is 117 Å². The number of hydrogen-bond donors (Lipinski definition) is 2. The SMILES string of the molecule is CC1CCCCC1CNc1nc(Cl)nc2[nH]ncc12. The zero-order valence-electron chi connectivity index (χ0n) is 11.0. The molecule has 5 nitrogen and oxygen atoms in total. The van der Waals surface area contributed by atoms with Gasteiger partial charge in [-0.1, -0.05) is 26.2 Å². The Hall–Kier alpha value is -1.36. The molecule has 19 heavy (non-hydrogen) atoms. The van der Waals surface area contributed by atoms with Crippen LogP contribution >= 0.6 is 11.6 Å². The van der Waals surface area contributed by atoms with Gasteiger partial charge in [-0.2, -0.15) is 15.1 Å². The molecule has 2 unspecified atom stereocenters. The third-order valence-electron chi connectivity index (χ3n) is 4.10. The van der Waals surface area contributed by atoms with Gasteiger partial charge >= 0.3 is 0 Å². The van der Waals surface area contributed by atoms with E-state index in [9.17, 15) is 0 Å². The molecule has 0 bridgehead atoms. The molecular weight excluding hydrogens is 262 g/mol. The molecule has 1 aliphatic carbocycles. The highest BCUT2D eigenvalue weighted by Gasteiger charge is 2.21. The number of halogens is 1. The molecular formula is C13H18ClN5. The van der Waals surface area contributed by atoms with Crippen molar-refractivity contribution < 1.29 is 0 Å². The highest BCUT2D eigenvalue weighted by Crippen LogP contribution is 2.30. The van der Waals surface area contributed by atoms with E-state index < -0.39 is 0 Å². The number of nitrogens with one attached hydrogen (secondary N) is 2. The number of H-pyrrole nitrogens is 1. The molecule has 2 atom stereocenters. The van der Waals surface area contributed by atoms with Crippen LogP contribution in [0, 0.1) is 11.8 Å². The molecule has 0 saturated heterocycles. The first-order valence-corrected chi connectivity index (χ1v) is 7.22. The number of nitrogens with zero attached hydrogens (tertiary/aromatic N) is 3. The van der Waals surface area contributed by atoms with E-state index in [1.807, 2.05) is 0 Å². The zero-order valence-corrected chi connectivity index (χ0v) is 11.7. The lowest BCUT2D eigenvalue weighted by Crippen LogP contribution is -2.24. The van der Waals surface area contributed by atoms with E-state index in [-0.39, 0.29) is 5.28 Å². The van der Waals surface area contributed by atoms with Crippen molar-refractivity contribution in [2.75, 3.05) is 11.9 Å². The van der Waals surface area contributed by atoms with Crippen LogP contribution in [0.2, 0.25) is 5.28 Å². The van der Waals surface area contributed by atoms with Crippen LogP contribution in [0.4, 0.5) is 5.82 Å². The van der Waals surface area contributed by atoms with Gasteiger partial charge in [-0.15, -0.1) is 0 Å². The molecule has 1 saturated carbocycles. The Morgan fingerprint density at radius 1 is 1.37 bits per heavy atom. The summed E-state index contributed by atoms with van der Waals surface area (Å²) >= 11 is 5.92. The second-order valence-electron chi connectivity index (χ2n) is 5.38. The maximum Gasteiger partial charge on any atom is 0.226 e. The van der Waals surface area contributed by atoms with Crippen molar-refractivity contribution in [1.29, 1.82) is 0 Å². The van der Waals surface area contributed by atoms with Crippen molar-refractivity contribution in [3.8, 4) is 0 Å². The van der Waals surface area contributed by atoms with Gasteiger partial charge in [-0.25, -0.2) is 0 Å². The minimum Gasteiger partial charge on any atom is -0.369 e. The second-order valence-corrected chi connectivity index (χ2v) is 5.71. The van der Waals surface area contributed by atoms with Crippen LogP contribution in [0.5, 0.6) is 0 Å². The van der Waals surface area contributed by atoms with Crippen LogP contribution in [0.1, 0.15) is 32.6 Å². The first kappa shape index (κ1) is 12.7. The summed E-state index contributed by atoms with van der Waals surface area (Å²) in [4.78, 5) is 8.37. The predicted molar refractivity (Wildman–Crippen MR) is 76.3 cm³/mol. The normalized spacial score (nSPS) is 23.7. The molecule has 2 aromatic rings. The highest BCUT2D eigenvalue weighted by atomic mass is 35.5. The van der Waals surface area contributed by atoms with Gasteiger partial charge in [0.2, 0.25) is 5.28 Å². The molecule has 0 amide bonds. The Bertz CT molecular complexity index is 567. The number of aromatic amines is 1. The van der Waals surface area contributed by atoms with E-state index >= 15 is 0 Å². The highest BCUT2D eigenvalue weighted by molar-refractivity contribution is 6.28. The van der Waals surface area contributed by atoms with Gasteiger partial charge in [-0.3, -0.25) is 5.10 Å². The predicted octanol–water partition coefficient (Wildman–Crippen LogP) is 3.24. The van der Waals surface area contributed by atoms with Gasteiger partial charge in [0.05, 0.1) is 11.6 Å². The summed E-state index contributed by atoms with van der Waals surface area (Å²) in [6, 6.07) is 0. The molecule has 0 aromatic carbocycles. The lowest BCUT2D eigenvalue weighted by molar-refractivity contribution is 0.268. The summed E-state index contributed by atoms with van der Waals surface area (Å²) in [6.45, 7) is 3.28. The molecule has 0 spiro atoms. The Morgan fingerprint density at radius 3 is 3.05 bits per heavy atom. The largest absolute Gasteiger partial charge is 0.369 e. The molecule has 2 heterocycles.